The number of nitrogens with zero attached hydrogens (tertiary/aromatic N) is 3. The van der Waals surface area contributed by atoms with Crippen molar-refractivity contribution >= 4 is 23.0 Å². The van der Waals surface area contributed by atoms with Crippen LogP contribution in [0.25, 0.3) is 0 Å². The minimum absolute atomic E-state index is 0.413. The summed E-state index contributed by atoms with van der Waals surface area (Å²) in [4.78, 5) is 2.88. The highest BCUT2D eigenvalue weighted by atomic mass is 32.1. The Morgan fingerprint density at radius 1 is 1.58 bits per heavy atom. The summed E-state index contributed by atoms with van der Waals surface area (Å²) in [5.41, 5.74) is 7.59. The van der Waals surface area contributed by atoms with E-state index < -0.39 is 0 Å². The number of hydrogen-bond acceptors (Lipinski definition) is 4. The first-order chi connectivity index (χ1) is 9.02. The highest BCUT2D eigenvalue weighted by Crippen LogP contribution is 2.22. The molecule has 5 nitrogen and oxygen atoms in total. The number of nitrogens with one attached hydrogen (secondary N) is 1. The second-order valence-corrected chi connectivity index (χ2v) is 5.61. The summed E-state index contributed by atoms with van der Waals surface area (Å²) in [5.74, 6) is 0.952. The molecule has 0 radical (unpaired) electrons. The van der Waals surface area contributed by atoms with Crippen molar-refractivity contribution in [3.05, 3.63) is 11.3 Å². The molecule has 3 N–H and O–H groups in total. The van der Waals surface area contributed by atoms with Crippen LogP contribution in [0.3, 0.4) is 0 Å². The second-order valence-electron chi connectivity index (χ2n) is 5.17. The van der Waals surface area contributed by atoms with E-state index >= 15 is 0 Å². The van der Waals surface area contributed by atoms with Gasteiger partial charge in [-0.3, -0.25) is 4.68 Å². The predicted octanol–water partition coefficient (Wildman–Crippen LogP) is 1.26. The van der Waals surface area contributed by atoms with E-state index in [1.807, 2.05) is 18.7 Å². The maximum Gasteiger partial charge on any atom is 0.134 e. The number of hydrogen-bond donors (Lipinski definition) is 2. The minimum Gasteiger partial charge on any atom is -0.389 e. The van der Waals surface area contributed by atoms with E-state index in [4.69, 9.17) is 18.0 Å². The van der Waals surface area contributed by atoms with Gasteiger partial charge in [-0.05, 0) is 32.9 Å². The van der Waals surface area contributed by atoms with E-state index in [0.717, 1.165) is 30.2 Å². The molecule has 1 aromatic rings. The van der Waals surface area contributed by atoms with Crippen LogP contribution in [0.1, 0.15) is 31.0 Å². The van der Waals surface area contributed by atoms with Gasteiger partial charge in [-0.2, -0.15) is 5.10 Å². The normalized spacial score (nSPS) is 20.5. The Morgan fingerprint density at radius 3 is 2.95 bits per heavy atom. The van der Waals surface area contributed by atoms with Gasteiger partial charge in [0.1, 0.15) is 10.8 Å². The maximum absolute atomic E-state index is 5.82. The molecule has 1 aromatic heterocycles. The smallest absolute Gasteiger partial charge is 0.134 e. The fraction of sp³-hybridized carbons (Fsp3) is 0.692. The SMILES string of the molecule is CCN1CCCC(Nc2c(C(N)=S)c(C)nn2C)C1. The third-order valence-electron chi connectivity index (χ3n) is 3.76. The van der Waals surface area contributed by atoms with Crippen molar-refractivity contribution in [3.8, 4) is 0 Å². The molecule has 106 valence electrons. The zero-order chi connectivity index (χ0) is 14.0. The lowest BCUT2D eigenvalue weighted by atomic mass is 10.1. The number of thiocarbonyl (C=S) groups is 1. The first kappa shape index (κ1) is 14.3. The summed E-state index contributed by atoms with van der Waals surface area (Å²) in [5, 5.41) is 7.99. The molecule has 0 spiro atoms. The van der Waals surface area contributed by atoms with Crippen LogP contribution >= 0.6 is 12.2 Å². The zero-order valence-corrected chi connectivity index (χ0v) is 12.8. The molecule has 6 heteroatoms. The largest absolute Gasteiger partial charge is 0.389 e. The number of nitrogens with two attached hydrogens (primary N) is 1. The monoisotopic (exact) mass is 281 g/mol. The molecular formula is C13H23N5S. The zero-order valence-electron chi connectivity index (χ0n) is 11.9. The summed E-state index contributed by atoms with van der Waals surface area (Å²) < 4.78 is 1.84. The Bertz CT molecular complexity index is 468. The molecule has 19 heavy (non-hydrogen) atoms. The summed E-state index contributed by atoms with van der Waals surface area (Å²) in [6, 6.07) is 0.441. The molecule has 1 saturated heterocycles. The van der Waals surface area contributed by atoms with Crippen molar-refractivity contribution in [2.24, 2.45) is 12.8 Å². The van der Waals surface area contributed by atoms with Crippen molar-refractivity contribution in [2.45, 2.75) is 32.7 Å². The van der Waals surface area contributed by atoms with E-state index in [-0.39, 0.29) is 0 Å². The summed E-state index contributed by atoms with van der Waals surface area (Å²) in [6.45, 7) is 7.51. The molecule has 2 heterocycles. The van der Waals surface area contributed by atoms with Crippen molar-refractivity contribution in [2.75, 3.05) is 25.0 Å². The molecular weight excluding hydrogens is 258 g/mol. The van der Waals surface area contributed by atoms with E-state index in [1.165, 1.54) is 19.4 Å². The van der Waals surface area contributed by atoms with Gasteiger partial charge in [-0.1, -0.05) is 19.1 Å². The van der Waals surface area contributed by atoms with Crippen molar-refractivity contribution in [1.29, 1.82) is 0 Å². The number of piperidine rings is 1. The third-order valence-corrected chi connectivity index (χ3v) is 3.97. The van der Waals surface area contributed by atoms with Gasteiger partial charge in [0.25, 0.3) is 0 Å². The summed E-state index contributed by atoms with van der Waals surface area (Å²) in [7, 11) is 1.93. The van der Waals surface area contributed by atoms with Gasteiger partial charge >= 0.3 is 0 Å². The quantitative estimate of drug-likeness (QED) is 0.814. The molecule has 1 atom stereocenters. The van der Waals surface area contributed by atoms with Gasteiger partial charge in [-0.15, -0.1) is 0 Å². The third kappa shape index (κ3) is 3.06. The molecule has 1 aliphatic rings. The highest BCUT2D eigenvalue weighted by Gasteiger charge is 2.22. The van der Waals surface area contributed by atoms with Crippen LogP contribution in [0.2, 0.25) is 0 Å². The number of aromatic nitrogens is 2. The van der Waals surface area contributed by atoms with Gasteiger partial charge < -0.3 is 16.0 Å². The Kier molecular flexibility index (Phi) is 4.42. The van der Waals surface area contributed by atoms with Crippen LogP contribution in [0.4, 0.5) is 5.82 Å². The fourth-order valence-electron chi connectivity index (χ4n) is 2.77. The van der Waals surface area contributed by atoms with Crippen LogP contribution in [0.5, 0.6) is 0 Å². The average Bonchev–Trinajstić information content (AvgIpc) is 2.64. The molecule has 0 bridgehead atoms. The summed E-state index contributed by atoms with van der Waals surface area (Å²) >= 11 is 5.14. The lowest BCUT2D eigenvalue weighted by Crippen LogP contribution is -2.42. The van der Waals surface area contributed by atoms with Gasteiger partial charge in [0.15, 0.2) is 0 Å². The number of anilines is 1. The molecule has 0 amide bonds. The van der Waals surface area contributed by atoms with Crippen LogP contribution in [0, 0.1) is 6.92 Å². The minimum atomic E-state index is 0.413. The van der Waals surface area contributed by atoms with Crippen molar-refractivity contribution < 1.29 is 0 Å². The van der Waals surface area contributed by atoms with Crippen LogP contribution in [0.15, 0.2) is 0 Å². The Balaban J connectivity index is 2.16. The van der Waals surface area contributed by atoms with Gasteiger partial charge in [0.05, 0.1) is 11.3 Å². The first-order valence-corrected chi connectivity index (χ1v) is 7.26. The number of rotatable bonds is 4. The fourth-order valence-corrected chi connectivity index (χ4v) is 3.02. The molecule has 1 aliphatic heterocycles. The topological polar surface area (TPSA) is 59.1 Å². The lowest BCUT2D eigenvalue weighted by molar-refractivity contribution is 0.226. The van der Waals surface area contributed by atoms with Gasteiger partial charge in [-0.25, -0.2) is 0 Å². The van der Waals surface area contributed by atoms with E-state index in [2.05, 4.69) is 22.2 Å². The highest BCUT2D eigenvalue weighted by molar-refractivity contribution is 7.80. The Morgan fingerprint density at radius 2 is 2.32 bits per heavy atom. The van der Waals surface area contributed by atoms with E-state index in [0.29, 0.717) is 11.0 Å². The predicted molar refractivity (Wildman–Crippen MR) is 82.6 cm³/mol. The Labute approximate surface area is 120 Å². The molecule has 1 fully saturated rings. The number of aryl methyl sites for hydroxylation is 2. The van der Waals surface area contributed by atoms with Crippen molar-refractivity contribution in [3.63, 3.8) is 0 Å². The number of likely N-dealkylation sites (tertiary alicyclic amines) is 1. The molecule has 0 aromatic carbocycles. The maximum atomic E-state index is 5.82. The average molecular weight is 281 g/mol. The van der Waals surface area contributed by atoms with E-state index in [9.17, 15) is 0 Å². The first-order valence-electron chi connectivity index (χ1n) is 6.85. The van der Waals surface area contributed by atoms with Crippen LogP contribution in [-0.2, 0) is 7.05 Å². The lowest BCUT2D eigenvalue weighted by Gasteiger charge is -2.32. The van der Waals surface area contributed by atoms with Gasteiger partial charge in [0, 0.05) is 19.6 Å². The molecule has 0 aliphatic carbocycles. The number of likely N-dealkylation sites (N-methyl/N-ethyl adjacent to an activating group) is 1. The van der Waals surface area contributed by atoms with Crippen LogP contribution < -0.4 is 11.1 Å². The Hall–Kier alpha value is -1.14. The standard InChI is InChI=1S/C13H23N5S/c1-4-18-7-5-6-10(8-18)15-13-11(12(14)19)9(2)16-17(13)3/h10,15H,4-8H2,1-3H3,(H2,14,19). The molecule has 1 unspecified atom stereocenters. The van der Waals surface area contributed by atoms with Gasteiger partial charge in [0.2, 0.25) is 0 Å². The molecule has 0 saturated carbocycles. The summed E-state index contributed by atoms with van der Waals surface area (Å²) in [6.07, 6.45) is 2.41. The molecule has 2 rings (SSSR count). The van der Waals surface area contributed by atoms with E-state index in [1.54, 1.807) is 0 Å². The van der Waals surface area contributed by atoms with Crippen molar-refractivity contribution in [1.82, 2.24) is 14.7 Å². The second kappa shape index (κ2) is 5.88. The van der Waals surface area contributed by atoms with Crippen LogP contribution in [-0.4, -0.2) is 45.3 Å².